The van der Waals surface area contributed by atoms with Gasteiger partial charge in [0.25, 0.3) is 0 Å². The average Bonchev–Trinajstić information content (AvgIpc) is 2.69. The summed E-state index contributed by atoms with van der Waals surface area (Å²) in [6.45, 7) is 4.84. The molecule has 1 aliphatic carbocycles. The molecular weight excluding hydrogens is 336 g/mol. The van der Waals surface area contributed by atoms with Crippen LogP contribution in [0.4, 0.5) is 0 Å². The van der Waals surface area contributed by atoms with Crippen molar-refractivity contribution in [2.24, 2.45) is 11.8 Å². The maximum atomic E-state index is 11.4. The molecule has 0 spiro atoms. The fraction of sp³-hybridized carbons (Fsp3) is 0.696. The molecule has 2 nitrogen and oxygen atoms in total. The second-order valence-electron chi connectivity index (χ2n) is 8.99. The van der Waals surface area contributed by atoms with Gasteiger partial charge in [-0.1, -0.05) is 69.1 Å². The summed E-state index contributed by atoms with van der Waals surface area (Å²) in [7, 11) is -0.897. The van der Waals surface area contributed by atoms with E-state index in [1.807, 2.05) is 0 Å². The van der Waals surface area contributed by atoms with Gasteiger partial charge in [-0.05, 0) is 61.0 Å². The molecule has 144 valence electrons. The average molecular weight is 373 g/mol. The van der Waals surface area contributed by atoms with Crippen molar-refractivity contribution in [2.45, 2.75) is 88.3 Å². The second kappa shape index (κ2) is 8.73. The number of benzene rings is 1. The molecule has 1 saturated carbocycles. The van der Waals surface area contributed by atoms with Crippen molar-refractivity contribution in [2.75, 3.05) is 0 Å². The summed E-state index contributed by atoms with van der Waals surface area (Å²) >= 11 is 0. The van der Waals surface area contributed by atoms with Crippen LogP contribution < -0.4 is 0 Å². The zero-order valence-corrected chi connectivity index (χ0v) is 17.8. The van der Waals surface area contributed by atoms with Crippen LogP contribution >= 0.6 is 0 Å². The minimum Gasteiger partial charge on any atom is -0.481 e. The van der Waals surface area contributed by atoms with E-state index in [1.54, 1.807) is 0 Å². The molecular formula is C23H36O2Si. The van der Waals surface area contributed by atoms with Crippen LogP contribution in [-0.4, -0.2) is 19.9 Å². The molecule has 3 rings (SSSR count). The molecule has 0 radical (unpaired) electrons. The number of carboxylic acids is 1. The number of rotatable bonds is 6. The first-order chi connectivity index (χ1) is 12.6. The van der Waals surface area contributed by atoms with Crippen LogP contribution in [0.5, 0.6) is 0 Å². The van der Waals surface area contributed by atoms with E-state index in [1.165, 1.54) is 56.2 Å². The van der Waals surface area contributed by atoms with Crippen LogP contribution in [0.2, 0.25) is 17.1 Å². The van der Waals surface area contributed by atoms with Gasteiger partial charge in [0, 0.05) is 8.80 Å². The molecule has 1 aliphatic heterocycles. The number of hydrogen-bond donors (Lipinski definition) is 1. The van der Waals surface area contributed by atoms with Gasteiger partial charge in [-0.3, -0.25) is 4.79 Å². The monoisotopic (exact) mass is 372 g/mol. The van der Waals surface area contributed by atoms with Crippen LogP contribution in [0.15, 0.2) is 30.3 Å². The topological polar surface area (TPSA) is 37.3 Å². The van der Waals surface area contributed by atoms with Crippen LogP contribution in [0.1, 0.15) is 76.7 Å². The van der Waals surface area contributed by atoms with Crippen LogP contribution in [0.25, 0.3) is 0 Å². The molecule has 1 aromatic rings. The first kappa shape index (κ1) is 19.7. The van der Waals surface area contributed by atoms with Crippen molar-refractivity contribution < 1.29 is 9.90 Å². The van der Waals surface area contributed by atoms with E-state index in [2.05, 4.69) is 44.2 Å². The van der Waals surface area contributed by atoms with E-state index in [4.69, 9.17) is 0 Å². The van der Waals surface area contributed by atoms with E-state index in [0.29, 0.717) is 5.04 Å². The number of carboxylic acid groups (broad SMARTS) is 1. The Kier molecular flexibility index (Phi) is 6.60. The third-order valence-corrected chi connectivity index (χ3v) is 12.6. The molecule has 1 atom stereocenters. The largest absolute Gasteiger partial charge is 0.481 e. The van der Waals surface area contributed by atoms with Gasteiger partial charge in [-0.2, -0.15) is 0 Å². The first-order valence-electron chi connectivity index (χ1n) is 10.8. The van der Waals surface area contributed by atoms with E-state index in [9.17, 15) is 9.90 Å². The highest BCUT2D eigenvalue weighted by molar-refractivity contribution is 6.62. The van der Waals surface area contributed by atoms with Gasteiger partial charge in [0.1, 0.15) is 0 Å². The van der Waals surface area contributed by atoms with E-state index >= 15 is 0 Å². The minimum atomic E-state index is -0.897. The Labute approximate surface area is 161 Å². The van der Waals surface area contributed by atoms with Gasteiger partial charge < -0.3 is 5.11 Å². The molecule has 26 heavy (non-hydrogen) atoms. The Morgan fingerprint density at radius 3 is 2.31 bits per heavy atom. The summed E-state index contributed by atoms with van der Waals surface area (Å²) in [4.78, 5) is 11.4. The van der Waals surface area contributed by atoms with Gasteiger partial charge in [0.2, 0.25) is 0 Å². The van der Waals surface area contributed by atoms with E-state index < -0.39 is 14.8 Å². The molecule has 1 unspecified atom stereocenters. The molecule has 0 aromatic heterocycles. The fourth-order valence-corrected chi connectivity index (χ4v) is 11.3. The zero-order chi connectivity index (χ0) is 18.6. The molecule has 0 bridgehead atoms. The van der Waals surface area contributed by atoms with Crippen molar-refractivity contribution in [3.05, 3.63) is 35.9 Å². The Morgan fingerprint density at radius 2 is 1.77 bits per heavy atom. The summed E-state index contributed by atoms with van der Waals surface area (Å²) in [6.07, 6.45) is 9.99. The molecule has 1 N–H and O–H groups in total. The Hall–Kier alpha value is -1.09. The third kappa shape index (κ3) is 4.08. The van der Waals surface area contributed by atoms with Crippen LogP contribution in [0.3, 0.4) is 0 Å². The summed E-state index contributed by atoms with van der Waals surface area (Å²) in [5.74, 6) is 0.948. The van der Waals surface area contributed by atoms with Crippen molar-refractivity contribution in [3.8, 4) is 0 Å². The Balaban J connectivity index is 1.71. The highest BCUT2D eigenvalue weighted by atomic mass is 28.3. The van der Waals surface area contributed by atoms with Gasteiger partial charge in [0.05, 0.1) is 5.92 Å². The second-order valence-corrected chi connectivity index (χ2v) is 12.7. The van der Waals surface area contributed by atoms with Crippen molar-refractivity contribution in [1.82, 2.24) is 0 Å². The minimum absolute atomic E-state index is 0.0575. The zero-order valence-electron chi connectivity index (χ0n) is 16.6. The molecule has 2 aliphatic rings. The summed E-state index contributed by atoms with van der Waals surface area (Å²) < 4.78 is 0. The molecule has 2 fully saturated rings. The highest BCUT2D eigenvalue weighted by Gasteiger charge is 2.47. The molecule has 1 saturated heterocycles. The van der Waals surface area contributed by atoms with Gasteiger partial charge in [-0.25, -0.2) is 0 Å². The summed E-state index contributed by atoms with van der Waals surface area (Å²) in [6, 6.07) is 13.6. The van der Waals surface area contributed by atoms with Crippen molar-refractivity contribution >= 4 is 14.8 Å². The van der Waals surface area contributed by atoms with E-state index in [0.717, 1.165) is 24.7 Å². The van der Waals surface area contributed by atoms with Crippen molar-refractivity contribution in [1.29, 1.82) is 0 Å². The number of carbonyl (C=O) groups is 1. The maximum Gasteiger partial charge on any atom is 0.306 e. The lowest BCUT2D eigenvalue weighted by atomic mass is 9.72. The Bertz CT molecular complexity index is 569. The normalized spacial score (nSPS) is 33.5. The quantitative estimate of drug-likeness (QED) is 0.600. The summed E-state index contributed by atoms with van der Waals surface area (Å²) in [5.41, 5.74) is 1.53. The lowest BCUT2D eigenvalue weighted by molar-refractivity contribution is -0.142. The van der Waals surface area contributed by atoms with Gasteiger partial charge in [0.15, 0.2) is 0 Å². The standard InChI is InChI=1S/C23H36O2Si/c1-3-7-18(2)23(26-16-12-21(13-17-26)22(24)25)14-10-20(11-15-23)19-8-5-4-6-9-19/h4-6,8-9,18,20-21,26H,3,7,10-17H2,1-2H3,(H,24,25). The number of hydrogen-bond acceptors (Lipinski definition) is 1. The van der Waals surface area contributed by atoms with Gasteiger partial charge in [-0.15, -0.1) is 0 Å². The SMILES string of the molecule is CCCC(C)C1([SiH]2CCC(C(=O)O)CC2)CCC(c2ccccc2)CC1. The predicted octanol–water partition coefficient (Wildman–Crippen LogP) is 6.24. The lowest BCUT2D eigenvalue weighted by Gasteiger charge is -2.51. The van der Waals surface area contributed by atoms with Gasteiger partial charge >= 0.3 is 5.97 Å². The first-order valence-corrected chi connectivity index (χ1v) is 13.1. The van der Waals surface area contributed by atoms with E-state index in [-0.39, 0.29) is 5.92 Å². The van der Waals surface area contributed by atoms with Crippen LogP contribution in [0, 0.1) is 11.8 Å². The Morgan fingerprint density at radius 1 is 1.15 bits per heavy atom. The molecule has 3 heteroatoms. The molecule has 1 heterocycles. The summed E-state index contributed by atoms with van der Waals surface area (Å²) in [5, 5.41) is 9.96. The maximum absolute atomic E-state index is 11.4. The third-order valence-electron chi connectivity index (χ3n) is 7.78. The fourth-order valence-electron chi connectivity index (χ4n) is 6.15. The van der Waals surface area contributed by atoms with Crippen molar-refractivity contribution in [3.63, 3.8) is 0 Å². The van der Waals surface area contributed by atoms with Crippen LogP contribution in [-0.2, 0) is 4.79 Å². The predicted molar refractivity (Wildman–Crippen MR) is 112 cm³/mol. The number of aliphatic carboxylic acids is 1. The smallest absolute Gasteiger partial charge is 0.306 e. The molecule has 1 aromatic carbocycles. The lowest BCUT2D eigenvalue weighted by Crippen LogP contribution is -2.43. The highest BCUT2D eigenvalue weighted by Crippen LogP contribution is 2.58. The molecule has 0 amide bonds.